The number of aromatic nitrogens is 2. The number of nitrogens with one attached hydrogen (secondary N) is 1. The molecule has 13 nitrogen and oxygen atoms in total. The first-order valence-electron chi connectivity index (χ1n) is 8.62. The second-order valence-electron chi connectivity index (χ2n) is 6.45. The highest BCUT2D eigenvalue weighted by atomic mass is 16.5. The molecule has 0 spiro atoms. The molecule has 0 saturated carbocycles. The van der Waals surface area contributed by atoms with Gasteiger partial charge in [-0.25, -0.2) is 4.79 Å². The number of ether oxygens (including phenoxy) is 1. The van der Waals surface area contributed by atoms with Gasteiger partial charge in [0.1, 0.15) is 36.7 Å². The van der Waals surface area contributed by atoms with Crippen LogP contribution >= 0.6 is 0 Å². The van der Waals surface area contributed by atoms with Gasteiger partial charge < -0.3 is 45.3 Å². The van der Waals surface area contributed by atoms with Crippen LogP contribution < -0.4 is 11.2 Å². The number of aldehydes is 1. The number of carbonyl (C=O) groups excluding carboxylic acids is 1. The van der Waals surface area contributed by atoms with Gasteiger partial charge >= 0.3 is 5.69 Å². The number of aliphatic hydroxyl groups is 7. The van der Waals surface area contributed by atoms with Crippen LogP contribution in [0.5, 0.6) is 0 Å². The van der Waals surface area contributed by atoms with Crippen molar-refractivity contribution >= 4 is 6.29 Å². The molecule has 0 bridgehead atoms. The van der Waals surface area contributed by atoms with Crippen LogP contribution in [0, 0.1) is 6.92 Å². The Balaban J connectivity index is 0.000000311. The number of H-pyrrole nitrogens is 1. The number of nitrogens with zero attached hydrogens (tertiary/aromatic N) is 1. The standard InChI is InChI=1S/C10H14N2O5.C6H12O6/c1-5-3-12(10(16)11-9(5)15)8-2-6(14)7(4-13)17-8;7-1-3(9)5(11)6(12)4(10)2-8/h3,6-8,13-14H,2,4H2,1H3,(H,11,15,16);1,3-6,8-12H,2H2/t6-,7+,8+;3-,4+,5+,6+/m00/s1. The lowest BCUT2D eigenvalue weighted by molar-refractivity contribution is -0.136. The van der Waals surface area contributed by atoms with Crippen molar-refractivity contribution in [2.24, 2.45) is 0 Å². The van der Waals surface area contributed by atoms with Gasteiger partial charge in [-0.1, -0.05) is 0 Å². The molecule has 1 aromatic heterocycles. The van der Waals surface area contributed by atoms with Crippen LogP contribution in [0.3, 0.4) is 0 Å². The van der Waals surface area contributed by atoms with Crippen LogP contribution in [-0.2, 0) is 9.53 Å². The van der Waals surface area contributed by atoms with Crippen LogP contribution in [0.2, 0.25) is 0 Å². The molecule has 2 heterocycles. The van der Waals surface area contributed by atoms with Gasteiger partial charge in [-0.15, -0.1) is 0 Å². The van der Waals surface area contributed by atoms with Gasteiger partial charge in [0.15, 0.2) is 6.29 Å². The minimum Gasteiger partial charge on any atom is -0.394 e. The summed E-state index contributed by atoms with van der Waals surface area (Å²) in [5.74, 6) is 0. The Bertz CT molecular complexity index is 764. The first kappa shape index (κ1) is 25.1. The molecule has 0 aromatic carbocycles. The summed E-state index contributed by atoms with van der Waals surface area (Å²) in [5.41, 5.74) is -0.643. The molecule has 1 saturated heterocycles. The zero-order chi connectivity index (χ0) is 22.3. The molecule has 0 aliphatic carbocycles. The lowest BCUT2D eigenvalue weighted by Crippen LogP contribution is -2.46. The van der Waals surface area contributed by atoms with Crippen LogP contribution in [0.1, 0.15) is 18.2 Å². The van der Waals surface area contributed by atoms with Crippen molar-refractivity contribution in [2.75, 3.05) is 13.2 Å². The van der Waals surface area contributed by atoms with E-state index in [0.717, 1.165) is 0 Å². The smallest absolute Gasteiger partial charge is 0.330 e. The van der Waals surface area contributed by atoms with Gasteiger partial charge in [0, 0.05) is 18.2 Å². The van der Waals surface area contributed by atoms with Gasteiger partial charge in [0.25, 0.3) is 5.56 Å². The quantitative estimate of drug-likeness (QED) is 0.194. The molecule has 13 heteroatoms. The summed E-state index contributed by atoms with van der Waals surface area (Å²) in [6.45, 7) is 0.502. The lowest BCUT2D eigenvalue weighted by Gasteiger charge is -2.22. The van der Waals surface area contributed by atoms with E-state index in [-0.39, 0.29) is 19.3 Å². The first-order valence-corrected chi connectivity index (χ1v) is 8.62. The average Bonchev–Trinajstić information content (AvgIpc) is 3.09. The topological polar surface area (TPSA) is 223 Å². The van der Waals surface area contributed by atoms with E-state index in [4.69, 9.17) is 35.4 Å². The molecule has 1 aliphatic rings. The highest BCUT2D eigenvalue weighted by molar-refractivity contribution is 5.56. The number of rotatable bonds is 7. The predicted molar refractivity (Wildman–Crippen MR) is 94.9 cm³/mol. The van der Waals surface area contributed by atoms with Crippen LogP contribution in [0.25, 0.3) is 0 Å². The van der Waals surface area contributed by atoms with E-state index in [9.17, 15) is 19.5 Å². The zero-order valence-corrected chi connectivity index (χ0v) is 15.5. The second-order valence-corrected chi connectivity index (χ2v) is 6.45. The number of aliphatic hydroxyl groups excluding tert-OH is 7. The van der Waals surface area contributed by atoms with Crippen molar-refractivity contribution in [1.82, 2.24) is 9.55 Å². The second kappa shape index (κ2) is 11.3. The molecular weight excluding hydrogens is 396 g/mol. The molecule has 1 aromatic rings. The molecule has 166 valence electrons. The number of hydrogen-bond acceptors (Lipinski definition) is 11. The number of aromatic amines is 1. The van der Waals surface area contributed by atoms with Crippen molar-refractivity contribution in [2.45, 2.75) is 56.2 Å². The summed E-state index contributed by atoms with van der Waals surface area (Å²) in [6.07, 6.45) is -7.42. The fraction of sp³-hybridized carbons (Fsp3) is 0.688. The summed E-state index contributed by atoms with van der Waals surface area (Å²) in [5, 5.41) is 62.0. The Morgan fingerprint density at radius 2 is 1.86 bits per heavy atom. The minimum absolute atomic E-state index is 0.0258. The van der Waals surface area contributed by atoms with Gasteiger partial charge in [0.05, 0.1) is 19.3 Å². The van der Waals surface area contributed by atoms with E-state index in [2.05, 4.69) is 4.98 Å². The normalized spacial score (nSPS) is 25.4. The molecule has 0 unspecified atom stereocenters. The molecule has 1 aliphatic heterocycles. The third-order valence-corrected chi connectivity index (χ3v) is 4.26. The van der Waals surface area contributed by atoms with Crippen molar-refractivity contribution in [1.29, 1.82) is 0 Å². The van der Waals surface area contributed by atoms with Crippen molar-refractivity contribution in [3.05, 3.63) is 32.6 Å². The SMILES string of the molecule is Cc1cn([C@H]2C[C@H](O)[C@@H](CO)O2)c(=O)[nH]c1=O.O=C[C@H](O)[C@@H](O)[C@H](O)[C@H](O)CO. The summed E-state index contributed by atoms with van der Waals surface area (Å²) in [7, 11) is 0. The monoisotopic (exact) mass is 422 g/mol. The van der Waals surface area contributed by atoms with Crippen molar-refractivity contribution < 1.29 is 45.3 Å². The van der Waals surface area contributed by atoms with E-state index in [0.29, 0.717) is 5.56 Å². The fourth-order valence-corrected chi connectivity index (χ4v) is 2.47. The summed E-state index contributed by atoms with van der Waals surface area (Å²) in [6, 6.07) is 0. The Morgan fingerprint density at radius 1 is 1.24 bits per heavy atom. The maximum atomic E-state index is 11.6. The Kier molecular flexibility index (Phi) is 9.75. The van der Waals surface area contributed by atoms with Gasteiger partial charge in [-0.3, -0.25) is 14.3 Å². The van der Waals surface area contributed by atoms with Crippen LogP contribution in [-0.4, -0.2) is 101 Å². The molecule has 0 amide bonds. The lowest BCUT2D eigenvalue weighted by atomic mass is 10.0. The third kappa shape index (κ3) is 6.52. The third-order valence-electron chi connectivity index (χ3n) is 4.26. The maximum Gasteiger partial charge on any atom is 0.330 e. The van der Waals surface area contributed by atoms with E-state index in [1.54, 1.807) is 6.92 Å². The van der Waals surface area contributed by atoms with Crippen molar-refractivity contribution in [3.8, 4) is 0 Å². The molecular formula is C16H26N2O11. The molecule has 0 radical (unpaired) electrons. The largest absolute Gasteiger partial charge is 0.394 e. The predicted octanol–water partition coefficient (Wildman–Crippen LogP) is -4.89. The summed E-state index contributed by atoms with van der Waals surface area (Å²) >= 11 is 0. The zero-order valence-electron chi connectivity index (χ0n) is 15.5. The molecule has 2 rings (SSSR count). The Hall–Kier alpha value is -1.97. The maximum absolute atomic E-state index is 11.6. The average molecular weight is 422 g/mol. The highest BCUT2D eigenvalue weighted by Crippen LogP contribution is 2.27. The van der Waals surface area contributed by atoms with E-state index < -0.39 is 60.7 Å². The van der Waals surface area contributed by atoms with Gasteiger partial charge in [-0.05, 0) is 6.92 Å². The minimum atomic E-state index is -1.79. The van der Waals surface area contributed by atoms with Crippen LogP contribution in [0.15, 0.2) is 15.8 Å². The van der Waals surface area contributed by atoms with Gasteiger partial charge in [-0.2, -0.15) is 0 Å². The number of hydrogen-bond donors (Lipinski definition) is 8. The van der Waals surface area contributed by atoms with E-state index in [1.807, 2.05) is 0 Å². The molecule has 29 heavy (non-hydrogen) atoms. The number of carbonyl (C=O) groups is 1. The Morgan fingerprint density at radius 3 is 2.34 bits per heavy atom. The molecule has 8 N–H and O–H groups in total. The fourth-order valence-electron chi connectivity index (χ4n) is 2.47. The molecule has 1 fully saturated rings. The Labute approximate surface area is 164 Å². The van der Waals surface area contributed by atoms with Crippen LogP contribution in [0.4, 0.5) is 0 Å². The number of aryl methyl sites for hydroxylation is 1. The van der Waals surface area contributed by atoms with Crippen molar-refractivity contribution in [3.63, 3.8) is 0 Å². The highest BCUT2D eigenvalue weighted by Gasteiger charge is 2.35. The summed E-state index contributed by atoms with van der Waals surface area (Å²) < 4.78 is 6.54. The van der Waals surface area contributed by atoms with E-state index >= 15 is 0 Å². The first-order chi connectivity index (χ1) is 13.6. The van der Waals surface area contributed by atoms with E-state index in [1.165, 1.54) is 10.8 Å². The molecule has 7 atom stereocenters. The summed E-state index contributed by atoms with van der Waals surface area (Å²) in [4.78, 5) is 34.8. The van der Waals surface area contributed by atoms with Gasteiger partial charge in [0.2, 0.25) is 0 Å².